The van der Waals surface area contributed by atoms with Crippen LogP contribution in [-0.4, -0.2) is 14.9 Å². The van der Waals surface area contributed by atoms with Crippen molar-refractivity contribution in [1.82, 2.24) is 9.97 Å². The second-order valence-corrected chi connectivity index (χ2v) is 4.36. The quantitative estimate of drug-likeness (QED) is 0.676. The number of nitrogens with one attached hydrogen (secondary N) is 1. The Hall–Kier alpha value is -2.50. The van der Waals surface area contributed by atoms with Gasteiger partial charge in [0.05, 0.1) is 4.92 Å². The first-order chi connectivity index (χ1) is 8.95. The Morgan fingerprint density at radius 1 is 1.11 bits per heavy atom. The van der Waals surface area contributed by atoms with E-state index in [-0.39, 0.29) is 5.69 Å². The number of aromatic nitrogens is 2. The predicted molar refractivity (Wildman–Crippen MR) is 72.6 cm³/mol. The van der Waals surface area contributed by atoms with Crippen molar-refractivity contribution in [3.05, 3.63) is 51.3 Å². The minimum Gasteiger partial charge on any atom is -0.324 e. The van der Waals surface area contributed by atoms with E-state index in [0.29, 0.717) is 5.95 Å². The summed E-state index contributed by atoms with van der Waals surface area (Å²) in [5, 5.41) is 13.7. The number of hydrogen-bond acceptors (Lipinski definition) is 5. The maximum absolute atomic E-state index is 10.7. The average Bonchev–Trinajstić information content (AvgIpc) is 2.30. The summed E-state index contributed by atoms with van der Waals surface area (Å²) in [5.41, 5.74) is 3.35. The Morgan fingerprint density at radius 3 is 2.26 bits per heavy atom. The van der Waals surface area contributed by atoms with Gasteiger partial charge in [0.25, 0.3) is 5.69 Å². The molecule has 0 unspecified atom stereocenters. The normalized spacial score (nSPS) is 10.3. The van der Waals surface area contributed by atoms with E-state index in [1.54, 1.807) is 13.0 Å². The zero-order valence-corrected chi connectivity index (χ0v) is 11.0. The molecule has 1 aromatic heterocycles. The van der Waals surface area contributed by atoms with E-state index in [4.69, 9.17) is 0 Å². The molecule has 0 bridgehead atoms. The minimum atomic E-state index is -0.413. The molecule has 0 saturated heterocycles. The van der Waals surface area contributed by atoms with Gasteiger partial charge in [0, 0.05) is 29.2 Å². The number of non-ortho nitro benzene ring substituents is 1. The molecule has 2 aromatic rings. The Balaban J connectivity index is 2.30. The molecule has 6 heteroatoms. The molecule has 19 heavy (non-hydrogen) atoms. The molecule has 0 amide bonds. The molecule has 0 aliphatic heterocycles. The van der Waals surface area contributed by atoms with Gasteiger partial charge in [-0.15, -0.1) is 0 Å². The van der Waals surface area contributed by atoms with Crippen LogP contribution in [0.1, 0.15) is 17.0 Å². The van der Waals surface area contributed by atoms with Crippen LogP contribution in [0.4, 0.5) is 17.3 Å². The Labute approximate surface area is 110 Å². The number of benzene rings is 1. The summed E-state index contributed by atoms with van der Waals surface area (Å²) in [6.07, 6.45) is 0. The number of nitro benzene ring substituents is 1. The summed E-state index contributed by atoms with van der Waals surface area (Å²) in [5.74, 6) is 0.495. The van der Waals surface area contributed by atoms with Crippen LogP contribution in [-0.2, 0) is 0 Å². The summed E-state index contributed by atoms with van der Waals surface area (Å²) >= 11 is 0. The van der Waals surface area contributed by atoms with Gasteiger partial charge in [-0.1, -0.05) is 0 Å². The van der Waals surface area contributed by atoms with E-state index in [2.05, 4.69) is 15.3 Å². The van der Waals surface area contributed by atoms with Crippen LogP contribution in [0.3, 0.4) is 0 Å². The molecule has 0 spiro atoms. The standard InChI is InChI=1S/C13H14N4O2/c1-8-6-11(17(18)19)4-5-12(8)16-13-14-9(2)7-10(3)15-13/h4-7H,1-3H3,(H,14,15,16). The lowest BCUT2D eigenvalue weighted by Crippen LogP contribution is -2.01. The Morgan fingerprint density at radius 2 is 1.74 bits per heavy atom. The average molecular weight is 258 g/mol. The Kier molecular flexibility index (Phi) is 3.41. The number of nitrogens with zero attached hydrogens (tertiary/aromatic N) is 3. The summed E-state index contributed by atoms with van der Waals surface area (Å²) in [4.78, 5) is 18.8. The molecule has 2 rings (SSSR count). The van der Waals surface area contributed by atoms with Crippen molar-refractivity contribution in [3.63, 3.8) is 0 Å². The van der Waals surface area contributed by atoms with Crippen LogP contribution in [0.15, 0.2) is 24.3 Å². The highest BCUT2D eigenvalue weighted by atomic mass is 16.6. The highest BCUT2D eigenvalue weighted by molar-refractivity contribution is 5.61. The fourth-order valence-electron chi connectivity index (χ4n) is 1.80. The molecule has 1 N–H and O–H groups in total. The predicted octanol–water partition coefficient (Wildman–Crippen LogP) is 3.05. The monoisotopic (exact) mass is 258 g/mol. The summed E-state index contributed by atoms with van der Waals surface area (Å²) in [6, 6.07) is 6.52. The number of rotatable bonds is 3. The van der Waals surface area contributed by atoms with E-state index >= 15 is 0 Å². The van der Waals surface area contributed by atoms with Crippen molar-refractivity contribution in [1.29, 1.82) is 0 Å². The smallest absolute Gasteiger partial charge is 0.269 e. The molecule has 0 saturated carbocycles. The van der Waals surface area contributed by atoms with Crippen molar-refractivity contribution >= 4 is 17.3 Å². The van der Waals surface area contributed by atoms with Crippen molar-refractivity contribution in [2.75, 3.05) is 5.32 Å². The lowest BCUT2D eigenvalue weighted by Gasteiger charge is -2.09. The summed E-state index contributed by atoms with van der Waals surface area (Å²) < 4.78 is 0. The third-order valence-corrected chi connectivity index (χ3v) is 2.65. The van der Waals surface area contributed by atoms with Crippen LogP contribution in [0, 0.1) is 30.9 Å². The highest BCUT2D eigenvalue weighted by Crippen LogP contribution is 2.23. The first-order valence-electron chi connectivity index (χ1n) is 5.80. The first kappa shape index (κ1) is 12.9. The second-order valence-electron chi connectivity index (χ2n) is 4.36. The van der Waals surface area contributed by atoms with E-state index in [9.17, 15) is 10.1 Å². The fourth-order valence-corrected chi connectivity index (χ4v) is 1.80. The van der Waals surface area contributed by atoms with Gasteiger partial charge < -0.3 is 5.32 Å². The lowest BCUT2D eigenvalue weighted by molar-refractivity contribution is -0.384. The molecule has 0 fully saturated rings. The van der Waals surface area contributed by atoms with Gasteiger partial charge in [0.2, 0.25) is 5.95 Å². The zero-order valence-electron chi connectivity index (χ0n) is 11.0. The summed E-state index contributed by atoms with van der Waals surface area (Å²) in [6.45, 7) is 5.59. The molecular formula is C13H14N4O2. The van der Waals surface area contributed by atoms with Crippen LogP contribution >= 0.6 is 0 Å². The maximum atomic E-state index is 10.7. The maximum Gasteiger partial charge on any atom is 0.269 e. The van der Waals surface area contributed by atoms with Crippen molar-refractivity contribution in [3.8, 4) is 0 Å². The van der Waals surface area contributed by atoms with Crippen LogP contribution < -0.4 is 5.32 Å². The van der Waals surface area contributed by atoms with Gasteiger partial charge in [-0.3, -0.25) is 10.1 Å². The number of aryl methyl sites for hydroxylation is 3. The number of anilines is 2. The molecule has 0 aliphatic rings. The minimum absolute atomic E-state index is 0.0735. The van der Waals surface area contributed by atoms with Crippen molar-refractivity contribution in [2.45, 2.75) is 20.8 Å². The van der Waals surface area contributed by atoms with Crippen LogP contribution in [0.25, 0.3) is 0 Å². The van der Waals surface area contributed by atoms with Crippen LogP contribution in [0.5, 0.6) is 0 Å². The largest absolute Gasteiger partial charge is 0.324 e. The molecule has 0 atom stereocenters. The van der Waals surface area contributed by atoms with E-state index in [1.165, 1.54) is 12.1 Å². The SMILES string of the molecule is Cc1cc(C)nc(Nc2ccc([N+](=O)[O-])cc2C)n1. The third-order valence-electron chi connectivity index (χ3n) is 2.65. The van der Waals surface area contributed by atoms with Crippen molar-refractivity contribution < 1.29 is 4.92 Å². The Bertz CT molecular complexity index is 620. The highest BCUT2D eigenvalue weighted by Gasteiger charge is 2.09. The molecule has 98 valence electrons. The summed E-state index contributed by atoms with van der Waals surface area (Å²) in [7, 11) is 0. The third kappa shape index (κ3) is 3.04. The number of hydrogen-bond donors (Lipinski definition) is 1. The van der Waals surface area contributed by atoms with E-state index in [0.717, 1.165) is 22.6 Å². The van der Waals surface area contributed by atoms with E-state index < -0.39 is 4.92 Å². The first-order valence-corrected chi connectivity index (χ1v) is 5.80. The van der Waals surface area contributed by atoms with E-state index in [1.807, 2.05) is 19.9 Å². The van der Waals surface area contributed by atoms with Gasteiger partial charge in [-0.25, -0.2) is 9.97 Å². The van der Waals surface area contributed by atoms with Crippen molar-refractivity contribution in [2.24, 2.45) is 0 Å². The van der Waals surface area contributed by atoms with Gasteiger partial charge in [0.15, 0.2) is 0 Å². The second kappa shape index (κ2) is 5.01. The molecule has 6 nitrogen and oxygen atoms in total. The van der Waals surface area contributed by atoms with Gasteiger partial charge in [0.1, 0.15) is 0 Å². The van der Waals surface area contributed by atoms with Gasteiger partial charge in [-0.2, -0.15) is 0 Å². The lowest BCUT2D eigenvalue weighted by atomic mass is 10.2. The molecule has 0 radical (unpaired) electrons. The van der Waals surface area contributed by atoms with Gasteiger partial charge >= 0.3 is 0 Å². The molecule has 1 heterocycles. The van der Waals surface area contributed by atoms with Crippen LogP contribution in [0.2, 0.25) is 0 Å². The number of nitro groups is 1. The molecule has 0 aliphatic carbocycles. The topological polar surface area (TPSA) is 81.0 Å². The fraction of sp³-hybridized carbons (Fsp3) is 0.231. The van der Waals surface area contributed by atoms with Gasteiger partial charge in [-0.05, 0) is 38.5 Å². The molecular weight excluding hydrogens is 244 g/mol. The molecule has 1 aromatic carbocycles. The zero-order chi connectivity index (χ0) is 14.0.